The van der Waals surface area contributed by atoms with Gasteiger partial charge >= 0.3 is 11.7 Å². The molecule has 18 heavy (non-hydrogen) atoms. The van der Waals surface area contributed by atoms with Crippen LogP contribution in [0.5, 0.6) is 0 Å². The van der Waals surface area contributed by atoms with Crippen LogP contribution in [0.2, 0.25) is 0 Å². The summed E-state index contributed by atoms with van der Waals surface area (Å²) in [5, 5.41) is 9.12. The molecule has 106 valence electrons. The smallest absolute Gasteiger partial charge is 0.350 e. The molecule has 5 nitrogen and oxygen atoms in total. The van der Waals surface area contributed by atoms with Gasteiger partial charge in [-0.1, -0.05) is 13.3 Å². The van der Waals surface area contributed by atoms with Gasteiger partial charge in [0.15, 0.2) is 0 Å². The summed E-state index contributed by atoms with van der Waals surface area (Å²) in [4.78, 5) is 11.2. The van der Waals surface area contributed by atoms with E-state index in [0.717, 1.165) is 6.42 Å². The van der Waals surface area contributed by atoms with E-state index in [4.69, 9.17) is 5.11 Å². The summed E-state index contributed by atoms with van der Waals surface area (Å²) >= 11 is 0. The van der Waals surface area contributed by atoms with Gasteiger partial charge in [0.2, 0.25) is 0 Å². The van der Waals surface area contributed by atoms with Crippen molar-refractivity contribution in [1.82, 2.24) is 4.72 Å². The third-order valence-corrected chi connectivity index (χ3v) is 4.66. The summed E-state index contributed by atoms with van der Waals surface area (Å²) in [5.74, 6) is -4.67. The number of nitrogens with one attached hydrogen (secondary N) is 1. The third kappa shape index (κ3) is 3.17. The predicted molar refractivity (Wildman–Crippen MR) is 60.7 cm³/mol. The molecule has 1 saturated carbocycles. The highest BCUT2D eigenvalue weighted by atomic mass is 32.2. The Morgan fingerprint density at radius 1 is 1.44 bits per heavy atom. The minimum absolute atomic E-state index is 0.0484. The highest BCUT2D eigenvalue weighted by Gasteiger charge is 2.46. The lowest BCUT2D eigenvalue weighted by molar-refractivity contribution is -0.145. The van der Waals surface area contributed by atoms with Crippen LogP contribution in [-0.4, -0.2) is 30.8 Å². The normalized spacial score (nSPS) is 29.4. The van der Waals surface area contributed by atoms with Gasteiger partial charge in [0.1, 0.15) is 5.54 Å². The lowest BCUT2D eigenvalue weighted by Crippen LogP contribution is -2.57. The molecule has 2 N–H and O–H groups in total. The van der Waals surface area contributed by atoms with Crippen LogP contribution in [-0.2, 0) is 14.8 Å². The summed E-state index contributed by atoms with van der Waals surface area (Å²) in [6.07, 6.45) is 2.01. The first kappa shape index (κ1) is 15.3. The summed E-state index contributed by atoms with van der Waals surface area (Å²) < 4.78 is 48.5. The van der Waals surface area contributed by atoms with Gasteiger partial charge in [-0.25, -0.2) is 8.42 Å². The fourth-order valence-electron chi connectivity index (χ4n) is 2.26. The van der Waals surface area contributed by atoms with Crippen LogP contribution in [0.3, 0.4) is 0 Å². The first-order chi connectivity index (χ1) is 8.23. The van der Waals surface area contributed by atoms with Crippen molar-refractivity contribution in [2.45, 2.75) is 50.3 Å². The highest BCUT2D eigenvalue weighted by molar-refractivity contribution is 7.89. The van der Waals surface area contributed by atoms with Crippen LogP contribution in [0.25, 0.3) is 0 Å². The number of carboxylic acids is 1. The van der Waals surface area contributed by atoms with Crippen LogP contribution < -0.4 is 4.72 Å². The molecule has 0 radical (unpaired) electrons. The van der Waals surface area contributed by atoms with Crippen molar-refractivity contribution < 1.29 is 27.1 Å². The number of carboxylic acid groups (broad SMARTS) is 1. The topological polar surface area (TPSA) is 83.5 Å². The summed E-state index contributed by atoms with van der Waals surface area (Å²) in [6, 6.07) is 0. The second-order valence-corrected chi connectivity index (χ2v) is 6.30. The Kier molecular flexibility index (Phi) is 4.66. The second kappa shape index (κ2) is 5.48. The van der Waals surface area contributed by atoms with E-state index in [-0.39, 0.29) is 12.8 Å². The molecule has 1 aliphatic rings. The van der Waals surface area contributed by atoms with E-state index in [1.807, 2.05) is 6.92 Å². The molecule has 0 atom stereocenters. The molecular formula is C10H17F2NO4S. The molecule has 1 rings (SSSR count). The zero-order valence-electron chi connectivity index (χ0n) is 10.0. The van der Waals surface area contributed by atoms with Crippen LogP contribution in [0.15, 0.2) is 0 Å². The van der Waals surface area contributed by atoms with E-state index in [1.165, 1.54) is 0 Å². The van der Waals surface area contributed by atoms with Crippen LogP contribution in [0, 0.1) is 5.92 Å². The van der Waals surface area contributed by atoms with Crippen molar-refractivity contribution in [3.8, 4) is 0 Å². The third-order valence-electron chi connectivity index (χ3n) is 3.52. The van der Waals surface area contributed by atoms with Gasteiger partial charge in [0.05, 0.1) is 0 Å². The molecule has 0 aromatic carbocycles. The van der Waals surface area contributed by atoms with Gasteiger partial charge in [-0.05, 0) is 31.6 Å². The summed E-state index contributed by atoms with van der Waals surface area (Å²) in [6.45, 7) is 1.96. The number of halogens is 2. The van der Waals surface area contributed by atoms with Gasteiger partial charge < -0.3 is 5.11 Å². The molecule has 0 aromatic rings. The average Bonchev–Trinajstić information content (AvgIpc) is 2.29. The monoisotopic (exact) mass is 285 g/mol. The minimum atomic E-state index is -4.89. The Morgan fingerprint density at radius 2 is 1.94 bits per heavy atom. The van der Waals surface area contributed by atoms with E-state index in [2.05, 4.69) is 0 Å². The molecule has 1 fully saturated rings. The van der Waals surface area contributed by atoms with Crippen LogP contribution >= 0.6 is 0 Å². The SMILES string of the molecule is CCC1CCC(NS(=O)(=O)C(F)F)(C(=O)O)CC1. The predicted octanol–water partition coefficient (Wildman–Crippen LogP) is 1.55. The van der Waals surface area contributed by atoms with Crippen LogP contribution in [0.4, 0.5) is 8.78 Å². The molecule has 0 aliphatic heterocycles. The van der Waals surface area contributed by atoms with Gasteiger partial charge in [-0.2, -0.15) is 13.5 Å². The number of carbonyl (C=O) groups is 1. The van der Waals surface area contributed by atoms with E-state index in [9.17, 15) is 22.0 Å². The Balaban J connectivity index is 2.88. The van der Waals surface area contributed by atoms with E-state index in [0.29, 0.717) is 18.8 Å². The summed E-state index contributed by atoms with van der Waals surface area (Å²) in [7, 11) is -4.89. The number of aliphatic carboxylic acids is 1. The van der Waals surface area contributed by atoms with E-state index < -0.39 is 27.3 Å². The van der Waals surface area contributed by atoms with Crippen molar-refractivity contribution in [3.05, 3.63) is 0 Å². The molecular weight excluding hydrogens is 268 g/mol. The first-order valence-electron chi connectivity index (χ1n) is 5.78. The number of alkyl halides is 2. The Hall–Kier alpha value is -0.760. The standard InChI is InChI=1S/C10H17F2NO4S/c1-2-7-3-5-10(6-4-7,8(14)15)13-18(16,17)9(11)12/h7,9,13H,2-6H2,1H3,(H,14,15). The Bertz CT molecular complexity index is 402. The maximum atomic E-state index is 12.3. The van der Waals surface area contributed by atoms with E-state index >= 15 is 0 Å². The maximum Gasteiger partial charge on any atom is 0.350 e. The Morgan fingerprint density at radius 3 is 2.28 bits per heavy atom. The molecule has 0 saturated heterocycles. The molecule has 8 heteroatoms. The van der Waals surface area contributed by atoms with Crippen LogP contribution in [0.1, 0.15) is 39.0 Å². The Labute approximate surface area is 105 Å². The second-order valence-electron chi connectivity index (χ2n) is 4.65. The molecule has 0 heterocycles. The molecule has 0 aromatic heterocycles. The highest BCUT2D eigenvalue weighted by Crippen LogP contribution is 2.34. The van der Waals surface area contributed by atoms with Crippen molar-refractivity contribution in [3.63, 3.8) is 0 Å². The molecule has 0 bridgehead atoms. The summed E-state index contributed by atoms with van der Waals surface area (Å²) in [5.41, 5.74) is -1.78. The first-order valence-corrected chi connectivity index (χ1v) is 7.32. The molecule has 1 aliphatic carbocycles. The largest absolute Gasteiger partial charge is 0.480 e. The fourth-order valence-corrected chi connectivity index (χ4v) is 3.18. The maximum absolute atomic E-state index is 12.3. The quantitative estimate of drug-likeness (QED) is 0.802. The number of hydrogen-bond donors (Lipinski definition) is 2. The van der Waals surface area contributed by atoms with Crippen molar-refractivity contribution in [2.24, 2.45) is 5.92 Å². The number of hydrogen-bond acceptors (Lipinski definition) is 3. The van der Waals surface area contributed by atoms with Crippen molar-refractivity contribution >= 4 is 16.0 Å². The van der Waals surface area contributed by atoms with Gasteiger partial charge in [-0.15, -0.1) is 0 Å². The van der Waals surface area contributed by atoms with Crippen molar-refractivity contribution in [1.29, 1.82) is 0 Å². The average molecular weight is 285 g/mol. The van der Waals surface area contributed by atoms with Crippen molar-refractivity contribution in [2.75, 3.05) is 0 Å². The van der Waals surface area contributed by atoms with Gasteiger partial charge in [0.25, 0.3) is 10.0 Å². The molecule has 0 unspecified atom stereocenters. The lowest BCUT2D eigenvalue weighted by Gasteiger charge is -2.36. The minimum Gasteiger partial charge on any atom is -0.480 e. The zero-order chi connectivity index (χ0) is 14.0. The molecule has 0 spiro atoms. The molecule has 0 amide bonds. The van der Waals surface area contributed by atoms with Gasteiger partial charge in [-0.3, -0.25) is 4.79 Å². The van der Waals surface area contributed by atoms with E-state index in [1.54, 1.807) is 4.72 Å². The number of rotatable bonds is 5. The zero-order valence-corrected chi connectivity index (χ0v) is 10.8. The number of sulfonamides is 1. The fraction of sp³-hybridized carbons (Fsp3) is 0.900. The van der Waals surface area contributed by atoms with Gasteiger partial charge in [0, 0.05) is 0 Å². The lowest BCUT2D eigenvalue weighted by atomic mass is 9.76.